The van der Waals surface area contributed by atoms with E-state index in [4.69, 9.17) is 0 Å². The van der Waals surface area contributed by atoms with Crippen LogP contribution in [-0.4, -0.2) is 49.7 Å². The van der Waals surface area contributed by atoms with Gasteiger partial charge in [0.05, 0.1) is 22.8 Å². The monoisotopic (exact) mass is 348 g/mol. The number of nitrogens with zero attached hydrogens (tertiary/aromatic N) is 1. The predicted octanol–water partition coefficient (Wildman–Crippen LogP) is 0.934. The van der Waals surface area contributed by atoms with Gasteiger partial charge in [-0.05, 0) is 30.9 Å². The number of carbonyl (C=O) groups is 2. The molecule has 1 N–H and O–H groups in total. The Hall–Kier alpha value is -1.89. The van der Waals surface area contributed by atoms with Gasteiger partial charge in [0.2, 0.25) is 11.8 Å². The number of hydrogen-bond acceptors (Lipinski definition) is 4. The van der Waals surface area contributed by atoms with Gasteiger partial charge >= 0.3 is 0 Å². The largest absolute Gasteiger partial charge is 0.342 e. The summed E-state index contributed by atoms with van der Waals surface area (Å²) in [5.41, 5.74) is 1.34. The molecule has 1 unspecified atom stereocenters. The van der Waals surface area contributed by atoms with E-state index in [-0.39, 0.29) is 23.3 Å². The van der Waals surface area contributed by atoms with Gasteiger partial charge in [-0.1, -0.05) is 18.2 Å². The molecular formula is C17H20N2O4S. The van der Waals surface area contributed by atoms with Gasteiger partial charge in [-0.15, -0.1) is 0 Å². The molecule has 0 radical (unpaired) electrons. The molecule has 3 aliphatic rings. The van der Waals surface area contributed by atoms with Crippen LogP contribution >= 0.6 is 0 Å². The van der Waals surface area contributed by atoms with Crippen molar-refractivity contribution in [3.63, 3.8) is 0 Å². The van der Waals surface area contributed by atoms with Crippen LogP contribution in [0, 0.1) is 5.92 Å². The van der Waals surface area contributed by atoms with Crippen LogP contribution in [0.1, 0.15) is 24.8 Å². The fourth-order valence-electron chi connectivity index (χ4n) is 4.23. The van der Waals surface area contributed by atoms with Gasteiger partial charge in [-0.2, -0.15) is 0 Å². The first kappa shape index (κ1) is 15.6. The number of nitrogens with one attached hydrogen (secondary N) is 1. The molecule has 2 saturated heterocycles. The smallest absolute Gasteiger partial charge is 0.235 e. The van der Waals surface area contributed by atoms with Crippen molar-refractivity contribution in [2.75, 3.05) is 29.9 Å². The van der Waals surface area contributed by atoms with Crippen LogP contribution in [0.2, 0.25) is 0 Å². The Balaban J connectivity index is 1.50. The minimum absolute atomic E-state index is 0.0132. The first-order chi connectivity index (χ1) is 11.4. The van der Waals surface area contributed by atoms with Crippen molar-refractivity contribution < 1.29 is 18.0 Å². The molecule has 3 aliphatic heterocycles. The van der Waals surface area contributed by atoms with Gasteiger partial charge in [0.1, 0.15) is 0 Å². The molecular weight excluding hydrogens is 328 g/mol. The second kappa shape index (κ2) is 5.31. The molecule has 1 aromatic rings. The molecule has 0 bridgehead atoms. The summed E-state index contributed by atoms with van der Waals surface area (Å²) in [6.45, 7) is 0.994. The molecule has 1 atom stereocenters. The fraction of sp³-hybridized carbons (Fsp3) is 0.529. The zero-order valence-corrected chi connectivity index (χ0v) is 14.1. The van der Waals surface area contributed by atoms with E-state index >= 15 is 0 Å². The molecule has 3 heterocycles. The van der Waals surface area contributed by atoms with Crippen molar-refractivity contribution >= 4 is 27.3 Å². The number of benzene rings is 1. The highest BCUT2D eigenvalue weighted by molar-refractivity contribution is 7.91. The lowest BCUT2D eigenvalue weighted by Gasteiger charge is -2.38. The third-order valence-corrected chi connectivity index (χ3v) is 7.40. The molecule has 7 heteroatoms. The maximum atomic E-state index is 12.6. The Morgan fingerprint density at radius 1 is 1.21 bits per heavy atom. The van der Waals surface area contributed by atoms with Crippen molar-refractivity contribution in [2.24, 2.45) is 5.92 Å². The summed E-state index contributed by atoms with van der Waals surface area (Å²) in [5.74, 6) is -0.390. The van der Waals surface area contributed by atoms with Gasteiger partial charge in [0.25, 0.3) is 0 Å². The van der Waals surface area contributed by atoms with Crippen LogP contribution < -0.4 is 5.32 Å². The van der Waals surface area contributed by atoms with Gasteiger partial charge in [0, 0.05) is 18.8 Å². The summed E-state index contributed by atoms with van der Waals surface area (Å²) in [7, 11) is -3.06. The van der Waals surface area contributed by atoms with Crippen LogP contribution in [0.4, 0.5) is 5.69 Å². The maximum absolute atomic E-state index is 12.6. The number of likely N-dealkylation sites (tertiary alicyclic amines) is 1. The number of piperidine rings is 1. The molecule has 4 rings (SSSR count). The standard InChI is InChI=1S/C17H20N2O4S/c20-15(12-5-10-24(22,23)11-12)19-8-6-17(7-9-19)13-3-1-2-4-14(13)18-16(17)21/h1-4,12H,5-11H2,(H,18,21). The second-order valence-electron chi connectivity index (χ2n) is 7.01. The average molecular weight is 348 g/mol. The van der Waals surface area contributed by atoms with Crippen LogP contribution in [0.15, 0.2) is 24.3 Å². The lowest BCUT2D eigenvalue weighted by Crippen LogP contribution is -2.49. The SMILES string of the molecule is O=C(C1CCS(=O)(=O)C1)N1CCC2(CC1)C(=O)Nc1ccccc12. The number of sulfone groups is 1. The summed E-state index contributed by atoms with van der Waals surface area (Å²) in [4.78, 5) is 26.9. The van der Waals surface area contributed by atoms with Gasteiger partial charge in [-0.3, -0.25) is 9.59 Å². The Bertz CT molecular complexity index is 810. The van der Waals surface area contributed by atoms with Gasteiger partial charge in [0.15, 0.2) is 9.84 Å². The van der Waals surface area contributed by atoms with E-state index in [1.807, 2.05) is 24.3 Å². The van der Waals surface area contributed by atoms with E-state index in [2.05, 4.69) is 5.32 Å². The number of fused-ring (bicyclic) bond motifs is 2. The van der Waals surface area contributed by atoms with Gasteiger partial charge in [-0.25, -0.2) is 8.42 Å². The molecule has 1 spiro atoms. The Morgan fingerprint density at radius 2 is 1.92 bits per heavy atom. The summed E-state index contributed by atoms with van der Waals surface area (Å²) < 4.78 is 23.2. The minimum atomic E-state index is -3.06. The van der Waals surface area contributed by atoms with Crippen LogP contribution in [-0.2, 0) is 24.8 Å². The highest BCUT2D eigenvalue weighted by atomic mass is 32.2. The second-order valence-corrected chi connectivity index (χ2v) is 9.24. The molecule has 0 aromatic heterocycles. The van der Waals surface area contributed by atoms with Gasteiger partial charge < -0.3 is 10.2 Å². The molecule has 0 aliphatic carbocycles. The van der Waals surface area contributed by atoms with Crippen LogP contribution in [0.3, 0.4) is 0 Å². The Morgan fingerprint density at radius 3 is 2.58 bits per heavy atom. The van der Waals surface area contributed by atoms with Crippen molar-refractivity contribution in [1.82, 2.24) is 4.90 Å². The van der Waals surface area contributed by atoms with E-state index in [0.717, 1.165) is 11.3 Å². The molecule has 6 nitrogen and oxygen atoms in total. The average Bonchev–Trinajstić information content (AvgIpc) is 3.06. The molecule has 2 amide bonds. The minimum Gasteiger partial charge on any atom is -0.342 e. The Labute approximate surface area is 141 Å². The van der Waals surface area contributed by atoms with E-state index < -0.39 is 21.2 Å². The lowest BCUT2D eigenvalue weighted by molar-refractivity contribution is -0.138. The number of anilines is 1. The van der Waals surface area contributed by atoms with Crippen LogP contribution in [0.25, 0.3) is 0 Å². The lowest BCUT2D eigenvalue weighted by atomic mass is 9.73. The topological polar surface area (TPSA) is 83.6 Å². The van der Waals surface area contributed by atoms with E-state index in [0.29, 0.717) is 32.4 Å². The molecule has 24 heavy (non-hydrogen) atoms. The highest BCUT2D eigenvalue weighted by Crippen LogP contribution is 2.45. The predicted molar refractivity (Wildman–Crippen MR) is 89.3 cm³/mol. The third kappa shape index (κ3) is 2.33. The summed E-state index contributed by atoms with van der Waals surface area (Å²) in [6.07, 6.45) is 1.59. The fourth-order valence-corrected chi connectivity index (χ4v) is 5.96. The summed E-state index contributed by atoms with van der Waals surface area (Å²) >= 11 is 0. The number of amides is 2. The quantitative estimate of drug-likeness (QED) is 0.818. The first-order valence-electron chi connectivity index (χ1n) is 8.31. The van der Waals surface area contributed by atoms with E-state index in [1.165, 1.54) is 0 Å². The van der Waals surface area contributed by atoms with Crippen molar-refractivity contribution in [1.29, 1.82) is 0 Å². The highest BCUT2D eigenvalue weighted by Gasteiger charge is 2.49. The normalized spacial score (nSPS) is 27.1. The summed E-state index contributed by atoms with van der Waals surface area (Å²) in [6, 6.07) is 7.72. The van der Waals surface area contributed by atoms with E-state index in [9.17, 15) is 18.0 Å². The number of rotatable bonds is 1. The maximum Gasteiger partial charge on any atom is 0.235 e. The zero-order valence-electron chi connectivity index (χ0n) is 13.3. The van der Waals surface area contributed by atoms with Crippen molar-refractivity contribution in [3.05, 3.63) is 29.8 Å². The van der Waals surface area contributed by atoms with Crippen molar-refractivity contribution in [2.45, 2.75) is 24.7 Å². The molecule has 1 aromatic carbocycles. The molecule has 128 valence electrons. The number of para-hydroxylation sites is 1. The third-order valence-electron chi connectivity index (χ3n) is 5.64. The number of carbonyl (C=O) groups excluding carboxylic acids is 2. The Kier molecular flexibility index (Phi) is 3.46. The molecule has 2 fully saturated rings. The zero-order chi connectivity index (χ0) is 16.9. The molecule has 0 saturated carbocycles. The van der Waals surface area contributed by atoms with Crippen molar-refractivity contribution in [3.8, 4) is 0 Å². The van der Waals surface area contributed by atoms with E-state index in [1.54, 1.807) is 4.90 Å². The summed E-state index contributed by atoms with van der Waals surface area (Å²) in [5, 5.41) is 2.95. The van der Waals surface area contributed by atoms with Crippen LogP contribution in [0.5, 0.6) is 0 Å². The number of hydrogen-bond donors (Lipinski definition) is 1. The first-order valence-corrected chi connectivity index (χ1v) is 10.1.